The third-order valence-electron chi connectivity index (χ3n) is 8.23. The van der Waals surface area contributed by atoms with Gasteiger partial charge in [-0.3, -0.25) is 9.59 Å². The summed E-state index contributed by atoms with van der Waals surface area (Å²) in [5.74, 6) is 2.51. The van der Waals surface area contributed by atoms with Gasteiger partial charge in [-0.05, 0) is 68.6 Å². The summed E-state index contributed by atoms with van der Waals surface area (Å²) in [5, 5.41) is 0. The van der Waals surface area contributed by atoms with Crippen LogP contribution in [-0.4, -0.2) is 48.6 Å². The van der Waals surface area contributed by atoms with E-state index in [-0.39, 0.29) is 24.1 Å². The van der Waals surface area contributed by atoms with Crippen LogP contribution in [0.5, 0.6) is 0 Å². The summed E-state index contributed by atoms with van der Waals surface area (Å²) < 4.78 is 22.6. The van der Waals surface area contributed by atoms with Crippen LogP contribution in [0.2, 0.25) is 0 Å². The number of carbonyl (C=O) groups excluding carboxylic acids is 2. The summed E-state index contributed by atoms with van der Waals surface area (Å²) in [6.07, 6.45) is 10.3. The summed E-state index contributed by atoms with van der Waals surface area (Å²) in [4.78, 5) is 24.3. The molecule has 4 saturated carbocycles. The van der Waals surface area contributed by atoms with Crippen LogP contribution in [0.15, 0.2) is 0 Å². The van der Waals surface area contributed by atoms with E-state index in [0.717, 1.165) is 37.5 Å². The minimum Gasteiger partial charge on any atom is -0.462 e. The average molecular weight is 390 g/mol. The van der Waals surface area contributed by atoms with Crippen LogP contribution >= 0.6 is 0 Å². The molecule has 2 bridgehead atoms. The average Bonchev–Trinajstić information content (AvgIpc) is 3.49. The lowest BCUT2D eigenvalue weighted by atomic mass is 9.79. The monoisotopic (exact) mass is 390 g/mol. The van der Waals surface area contributed by atoms with Crippen molar-refractivity contribution in [1.29, 1.82) is 0 Å². The van der Waals surface area contributed by atoms with Crippen LogP contribution < -0.4 is 0 Å². The SMILES string of the molecule is O=C(CCCCC(=O)OC1CC2CC1C1CC3OC3C21)OC1CCC2OC2C1. The normalized spacial score (nSPS) is 49.1. The van der Waals surface area contributed by atoms with Crippen LogP contribution in [0.1, 0.15) is 64.2 Å². The predicted molar refractivity (Wildman–Crippen MR) is 97.2 cm³/mol. The lowest BCUT2D eigenvalue weighted by molar-refractivity contribution is -0.154. The van der Waals surface area contributed by atoms with E-state index >= 15 is 0 Å². The highest BCUT2D eigenvalue weighted by molar-refractivity contribution is 5.71. The van der Waals surface area contributed by atoms with Gasteiger partial charge in [-0.15, -0.1) is 0 Å². The van der Waals surface area contributed by atoms with Gasteiger partial charge in [0.25, 0.3) is 0 Å². The van der Waals surface area contributed by atoms with Gasteiger partial charge in [-0.1, -0.05) is 0 Å². The van der Waals surface area contributed by atoms with Gasteiger partial charge in [0.2, 0.25) is 0 Å². The van der Waals surface area contributed by atoms with Gasteiger partial charge in [0.15, 0.2) is 0 Å². The number of esters is 2. The molecule has 2 saturated heterocycles. The molecular formula is C22H30O6. The Labute approximate surface area is 165 Å². The van der Waals surface area contributed by atoms with Crippen LogP contribution in [0.25, 0.3) is 0 Å². The fourth-order valence-corrected chi connectivity index (χ4v) is 6.89. The molecule has 0 amide bonds. The topological polar surface area (TPSA) is 77.7 Å². The molecular weight excluding hydrogens is 360 g/mol. The molecule has 28 heavy (non-hydrogen) atoms. The molecule has 6 rings (SSSR count). The van der Waals surface area contributed by atoms with E-state index in [1.54, 1.807) is 0 Å². The zero-order valence-electron chi connectivity index (χ0n) is 16.3. The first-order valence-electron chi connectivity index (χ1n) is 11.4. The highest BCUT2D eigenvalue weighted by atomic mass is 16.6. The van der Waals surface area contributed by atoms with E-state index in [1.807, 2.05) is 0 Å². The summed E-state index contributed by atoms with van der Waals surface area (Å²) in [6, 6.07) is 0. The van der Waals surface area contributed by atoms with Gasteiger partial charge < -0.3 is 18.9 Å². The molecule has 10 unspecified atom stereocenters. The Bertz CT molecular complexity index is 663. The standard InChI is InChI=1S/C22H30O6/c23-19(25-12-5-6-15-17(9-12)26-15)3-1-2-4-20(24)27-16-8-11-7-13(16)14-10-18-22(28-18)21(11)14/h11-18,21-22H,1-10H2. The zero-order chi connectivity index (χ0) is 18.8. The minimum absolute atomic E-state index is 0.0230. The van der Waals surface area contributed by atoms with E-state index in [2.05, 4.69) is 0 Å². The number of fused-ring (bicyclic) bond motifs is 8. The third kappa shape index (κ3) is 3.17. The highest BCUT2D eigenvalue weighted by Gasteiger charge is 2.67. The molecule has 0 N–H and O–H groups in total. The molecule has 2 aliphatic heterocycles. The van der Waals surface area contributed by atoms with Crippen LogP contribution in [0.4, 0.5) is 0 Å². The first kappa shape index (κ1) is 17.7. The van der Waals surface area contributed by atoms with E-state index in [1.165, 1.54) is 12.8 Å². The van der Waals surface area contributed by atoms with Gasteiger partial charge >= 0.3 is 11.9 Å². The third-order valence-corrected chi connectivity index (χ3v) is 8.23. The Morgan fingerprint density at radius 2 is 1.61 bits per heavy atom. The second-order valence-electron chi connectivity index (χ2n) is 9.88. The number of hydrogen-bond donors (Lipinski definition) is 0. The molecule has 0 aromatic carbocycles. The Balaban J connectivity index is 0.879. The second-order valence-corrected chi connectivity index (χ2v) is 9.88. The first-order valence-corrected chi connectivity index (χ1v) is 11.4. The Morgan fingerprint density at radius 3 is 2.43 bits per heavy atom. The number of carbonyl (C=O) groups is 2. The molecule has 4 aliphatic carbocycles. The number of unbranched alkanes of at least 4 members (excludes halogenated alkanes) is 1. The minimum atomic E-state index is -0.140. The summed E-state index contributed by atoms with van der Waals surface area (Å²) in [6.45, 7) is 0. The molecule has 6 heteroatoms. The van der Waals surface area contributed by atoms with Crippen molar-refractivity contribution in [3.63, 3.8) is 0 Å². The van der Waals surface area contributed by atoms with E-state index in [9.17, 15) is 9.59 Å². The predicted octanol–water partition coefficient (Wildman–Crippen LogP) is 2.77. The van der Waals surface area contributed by atoms with Crippen LogP contribution in [0, 0.1) is 23.7 Å². The van der Waals surface area contributed by atoms with Crippen LogP contribution in [0.3, 0.4) is 0 Å². The van der Waals surface area contributed by atoms with Gasteiger partial charge in [0.1, 0.15) is 12.2 Å². The van der Waals surface area contributed by atoms with E-state index < -0.39 is 0 Å². The number of hydrogen-bond acceptors (Lipinski definition) is 6. The van der Waals surface area contributed by atoms with Crippen molar-refractivity contribution >= 4 is 11.9 Å². The summed E-state index contributed by atoms with van der Waals surface area (Å²) in [5.41, 5.74) is 0. The molecule has 0 spiro atoms. The van der Waals surface area contributed by atoms with Crippen LogP contribution in [-0.2, 0) is 28.5 Å². The highest BCUT2D eigenvalue weighted by Crippen LogP contribution is 2.64. The van der Waals surface area contributed by atoms with Crippen molar-refractivity contribution in [2.75, 3.05) is 0 Å². The van der Waals surface area contributed by atoms with Crippen molar-refractivity contribution in [3.8, 4) is 0 Å². The summed E-state index contributed by atoms with van der Waals surface area (Å²) >= 11 is 0. The summed E-state index contributed by atoms with van der Waals surface area (Å²) in [7, 11) is 0. The molecule has 10 atom stereocenters. The lowest BCUT2D eigenvalue weighted by Crippen LogP contribution is -2.34. The largest absolute Gasteiger partial charge is 0.462 e. The molecule has 0 aromatic rings. The molecule has 0 radical (unpaired) electrons. The fourth-order valence-electron chi connectivity index (χ4n) is 6.89. The lowest BCUT2D eigenvalue weighted by Gasteiger charge is -2.32. The maximum absolute atomic E-state index is 12.3. The fraction of sp³-hybridized carbons (Fsp3) is 0.909. The molecule has 6 aliphatic rings. The maximum atomic E-state index is 12.3. The Morgan fingerprint density at radius 1 is 0.786 bits per heavy atom. The van der Waals surface area contributed by atoms with Gasteiger partial charge in [0.05, 0.1) is 24.4 Å². The number of rotatable bonds is 7. The van der Waals surface area contributed by atoms with Gasteiger partial charge in [-0.2, -0.15) is 0 Å². The second kappa shape index (κ2) is 6.69. The molecule has 154 valence electrons. The van der Waals surface area contributed by atoms with Crippen molar-refractivity contribution in [3.05, 3.63) is 0 Å². The number of epoxide rings is 2. The zero-order valence-corrected chi connectivity index (χ0v) is 16.3. The quantitative estimate of drug-likeness (QED) is 0.378. The smallest absolute Gasteiger partial charge is 0.306 e. The maximum Gasteiger partial charge on any atom is 0.306 e. The Kier molecular flexibility index (Phi) is 4.23. The van der Waals surface area contributed by atoms with E-state index in [0.29, 0.717) is 61.9 Å². The Hall–Kier alpha value is -1.14. The van der Waals surface area contributed by atoms with Gasteiger partial charge in [-0.25, -0.2) is 0 Å². The molecule has 0 aromatic heterocycles. The van der Waals surface area contributed by atoms with Crippen molar-refractivity contribution in [1.82, 2.24) is 0 Å². The van der Waals surface area contributed by atoms with Crippen molar-refractivity contribution < 1.29 is 28.5 Å². The molecule has 6 nitrogen and oxygen atoms in total. The van der Waals surface area contributed by atoms with E-state index in [4.69, 9.17) is 18.9 Å². The van der Waals surface area contributed by atoms with Crippen molar-refractivity contribution in [2.45, 2.75) is 101 Å². The molecule has 6 fully saturated rings. The first-order chi connectivity index (χ1) is 13.7. The molecule has 2 heterocycles. The van der Waals surface area contributed by atoms with Crippen molar-refractivity contribution in [2.24, 2.45) is 23.7 Å². The number of ether oxygens (including phenoxy) is 4. The van der Waals surface area contributed by atoms with Gasteiger partial charge in [0, 0.05) is 19.3 Å².